The Balaban J connectivity index is 2.01. The predicted octanol–water partition coefficient (Wildman–Crippen LogP) is 4.56. The smallest absolute Gasteiger partial charge is 0.303 e. The Hall–Kier alpha value is -0.910. The van der Waals surface area contributed by atoms with Crippen LogP contribution in [-0.4, -0.2) is 34.6 Å². The van der Waals surface area contributed by atoms with Crippen molar-refractivity contribution in [2.24, 2.45) is 0 Å². The first-order valence-corrected chi connectivity index (χ1v) is 9.03. The second-order valence-corrected chi connectivity index (χ2v) is 6.33. The third-order valence-electron chi connectivity index (χ3n) is 4.25. The van der Waals surface area contributed by atoms with Gasteiger partial charge in [0.05, 0.1) is 6.10 Å². The Morgan fingerprint density at radius 1 is 1.17 bits per heavy atom. The van der Waals surface area contributed by atoms with Crippen LogP contribution >= 0.6 is 0 Å². The maximum absolute atomic E-state index is 10.4. The molecule has 5 nitrogen and oxygen atoms in total. The van der Waals surface area contributed by atoms with Gasteiger partial charge in [0.15, 0.2) is 0 Å². The monoisotopic (exact) mass is 328 g/mol. The molecule has 0 aromatic rings. The summed E-state index contributed by atoms with van der Waals surface area (Å²) in [5.41, 5.74) is 0. The van der Waals surface area contributed by atoms with E-state index in [1.165, 1.54) is 19.3 Å². The molecule has 134 valence electrons. The summed E-state index contributed by atoms with van der Waals surface area (Å²) in [6.07, 6.45) is 14.7. The maximum Gasteiger partial charge on any atom is 0.303 e. The van der Waals surface area contributed by atoms with Gasteiger partial charge in [-0.05, 0) is 25.7 Å². The van der Waals surface area contributed by atoms with Gasteiger partial charge < -0.3 is 9.84 Å². The summed E-state index contributed by atoms with van der Waals surface area (Å²) in [4.78, 5) is 14.9. The van der Waals surface area contributed by atoms with Crippen LogP contribution in [-0.2, 0) is 14.4 Å². The summed E-state index contributed by atoms with van der Waals surface area (Å²) in [5, 5.41) is 17.5. The fourth-order valence-electron chi connectivity index (χ4n) is 2.78. The highest BCUT2D eigenvalue weighted by molar-refractivity contribution is 5.66. The Bertz CT molecular complexity index is 342. The number of rotatable bonds is 15. The number of hydrogen-bond donors (Lipinski definition) is 2. The summed E-state index contributed by atoms with van der Waals surface area (Å²) >= 11 is 0. The molecule has 23 heavy (non-hydrogen) atoms. The zero-order valence-corrected chi connectivity index (χ0v) is 14.3. The zero-order chi connectivity index (χ0) is 16.9. The van der Waals surface area contributed by atoms with Crippen LogP contribution in [0.2, 0.25) is 0 Å². The lowest BCUT2D eigenvalue weighted by Gasteiger charge is -2.05. The van der Waals surface area contributed by atoms with Crippen LogP contribution < -0.4 is 0 Å². The lowest BCUT2D eigenvalue weighted by Crippen LogP contribution is -2.17. The largest absolute Gasteiger partial charge is 0.481 e. The van der Waals surface area contributed by atoms with E-state index in [1.54, 1.807) is 0 Å². The molecule has 0 radical (unpaired) electrons. The van der Waals surface area contributed by atoms with Crippen LogP contribution in [0.4, 0.5) is 0 Å². The van der Waals surface area contributed by atoms with E-state index in [0.29, 0.717) is 0 Å². The van der Waals surface area contributed by atoms with Gasteiger partial charge in [-0.1, -0.05) is 57.6 Å². The number of allylic oxidation sites excluding steroid dienone is 1. The summed E-state index contributed by atoms with van der Waals surface area (Å²) in [7, 11) is 0. The van der Waals surface area contributed by atoms with E-state index in [0.717, 1.165) is 44.9 Å². The molecular formula is C18H32O5. The topological polar surface area (TPSA) is 79.3 Å². The first-order chi connectivity index (χ1) is 11.2. The minimum Gasteiger partial charge on any atom is -0.481 e. The number of unbranched alkanes of at least 4 members (excludes halogenated alkanes) is 7. The van der Waals surface area contributed by atoms with Gasteiger partial charge in [0, 0.05) is 6.42 Å². The van der Waals surface area contributed by atoms with Crippen molar-refractivity contribution in [3.8, 4) is 0 Å². The zero-order valence-electron chi connectivity index (χ0n) is 14.3. The number of aliphatic carboxylic acids is 1. The van der Waals surface area contributed by atoms with Gasteiger partial charge in [-0.15, -0.1) is 0 Å². The molecule has 0 spiro atoms. The first-order valence-electron chi connectivity index (χ1n) is 9.03. The molecule has 5 heteroatoms. The molecule has 1 saturated heterocycles. The summed E-state index contributed by atoms with van der Waals surface area (Å²) in [6.45, 7) is 2.18. The van der Waals surface area contributed by atoms with Crippen LogP contribution in [0.15, 0.2) is 12.2 Å². The fraction of sp³-hybridized carbons (Fsp3) is 0.833. The second kappa shape index (κ2) is 12.5. The molecule has 3 atom stereocenters. The van der Waals surface area contributed by atoms with E-state index < -0.39 is 5.97 Å². The van der Waals surface area contributed by atoms with Crippen molar-refractivity contribution in [1.82, 2.24) is 0 Å². The molecule has 3 unspecified atom stereocenters. The summed E-state index contributed by atoms with van der Waals surface area (Å²) < 4.78 is 5.57. The average Bonchev–Trinajstić information content (AvgIpc) is 3.28. The Morgan fingerprint density at radius 2 is 1.91 bits per heavy atom. The molecule has 1 fully saturated rings. The van der Waals surface area contributed by atoms with Crippen LogP contribution in [0, 0.1) is 0 Å². The number of carboxylic acid groups (broad SMARTS) is 1. The van der Waals surface area contributed by atoms with E-state index in [1.807, 2.05) is 12.2 Å². The molecular weight excluding hydrogens is 296 g/mol. The summed E-state index contributed by atoms with van der Waals surface area (Å²) in [5.74, 6) is -0.710. The van der Waals surface area contributed by atoms with Gasteiger partial charge in [-0.25, -0.2) is 4.89 Å². The number of carbonyl (C=O) groups is 1. The third-order valence-corrected chi connectivity index (χ3v) is 4.25. The van der Waals surface area contributed by atoms with E-state index in [4.69, 9.17) is 15.1 Å². The van der Waals surface area contributed by atoms with E-state index >= 15 is 0 Å². The number of epoxide rings is 1. The van der Waals surface area contributed by atoms with E-state index in [9.17, 15) is 4.79 Å². The van der Waals surface area contributed by atoms with Gasteiger partial charge >= 0.3 is 5.97 Å². The van der Waals surface area contributed by atoms with E-state index in [2.05, 4.69) is 11.8 Å². The van der Waals surface area contributed by atoms with Crippen molar-refractivity contribution < 1.29 is 24.8 Å². The van der Waals surface area contributed by atoms with Crippen LogP contribution in [0.5, 0.6) is 0 Å². The van der Waals surface area contributed by atoms with Crippen molar-refractivity contribution >= 4 is 5.97 Å². The molecule has 0 saturated carbocycles. The third kappa shape index (κ3) is 9.74. The highest BCUT2D eigenvalue weighted by Gasteiger charge is 2.44. The molecule has 0 aromatic heterocycles. The van der Waals surface area contributed by atoms with Crippen LogP contribution in [0.1, 0.15) is 77.6 Å². The maximum atomic E-state index is 10.4. The van der Waals surface area contributed by atoms with Crippen molar-refractivity contribution in [3.63, 3.8) is 0 Å². The molecule has 2 N–H and O–H groups in total. The highest BCUT2D eigenvalue weighted by Crippen LogP contribution is 2.32. The van der Waals surface area contributed by atoms with E-state index in [-0.39, 0.29) is 24.7 Å². The highest BCUT2D eigenvalue weighted by atomic mass is 17.1. The van der Waals surface area contributed by atoms with Crippen molar-refractivity contribution in [2.45, 2.75) is 95.9 Å². The van der Waals surface area contributed by atoms with Gasteiger partial charge in [0.2, 0.25) is 0 Å². The van der Waals surface area contributed by atoms with Gasteiger partial charge in [-0.2, -0.15) is 0 Å². The van der Waals surface area contributed by atoms with Gasteiger partial charge in [-0.3, -0.25) is 10.1 Å². The van der Waals surface area contributed by atoms with Crippen molar-refractivity contribution in [2.75, 3.05) is 0 Å². The minimum absolute atomic E-state index is 0.00382. The first kappa shape index (κ1) is 20.1. The lowest BCUT2D eigenvalue weighted by molar-refractivity contribution is -0.269. The Morgan fingerprint density at radius 3 is 2.61 bits per heavy atom. The predicted molar refractivity (Wildman–Crippen MR) is 89.4 cm³/mol. The van der Waals surface area contributed by atoms with Crippen LogP contribution in [0.25, 0.3) is 0 Å². The molecule has 1 rings (SSSR count). The minimum atomic E-state index is -0.710. The van der Waals surface area contributed by atoms with Crippen molar-refractivity contribution in [3.05, 3.63) is 12.2 Å². The molecule has 0 aliphatic carbocycles. The quantitative estimate of drug-likeness (QED) is 0.151. The second-order valence-electron chi connectivity index (χ2n) is 6.33. The lowest BCUT2D eigenvalue weighted by atomic mass is 10.1. The van der Waals surface area contributed by atoms with Crippen LogP contribution in [0.3, 0.4) is 0 Å². The standard InChI is InChI=1S/C18H32O5/c1-2-3-9-12-15-18(22-15)16(23-21)13-10-7-5-4-6-8-11-14-17(19)20/h10,13,15-16,18,21H,2-9,11-12,14H2,1H3,(H,19,20)/b13-10+. The molecule has 0 aromatic carbocycles. The number of ether oxygens (including phenoxy) is 1. The summed E-state index contributed by atoms with van der Waals surface area (Å²) in [6, 6.07) is 0. The average molecular weight is 328 g/mol. The molecule has 1 heterocycles. The number of hydrogen-bond acceptors (Lipinski definition) is 4. The van der Waals surface area contributed by atoms with Gasteiger partial charge in [0.1, 0.15) is 12.2 Å². The molecule has 1 aliphatic heterocycles. The molecule has 1 aliphatic rings. The van der Waals surface area contributed by atoms with Crippen molar-refractivity contribution in [1.29, 1.82) is 0 Å². The SMILES string of the molecule is CCCCCC1OC1C(/C=C/CCCCCCCC(=O)O)OO. The fourth-order valence-corrected chi connectivity index (χ4v) is 2.78. The Labute approximate surface area is 139 Å². The van der Waals surface area contributed by atoms with Gasteiger partial charge in [0.25, 0.3) is 0 Å². The normalized spacial score (nSPS) is 21.7. The number of carboxylic acids is 1. The Kier molecular flexibility index (Phi) is 10.9. The molecule has 0 amide bonds. The molecule has 0 bridgehead atoms.